The van der Waals surface area contributed by atoms with E-state index in [1.807, 2.05) is 0 Å². The normalized spacial score (nSPS) is 13.3. The second-order valence-corrected chi connectivity index (χ2v) is 8.55. The van der Waals surface area contributed by atoms with Gasteiger partial charge in [0.2, 0.25) is 17.6 Å². The van der Waals surface area contributed by atoms with Gasteiger partial charge in [-0.3, -0.25) is 19.2 Å². The van der Waals surface area contributed by atoms with Crippen LogP contribution in [0.1, 0.15) is 25.0 Å². The van der Waals surface area contributed by atoms with Gasteiger partial charge in [0.25, 0.3) is 5.91 Å². The quantitative estimate of drug-likeness (QED) is 0.258. The molecule has 0 radical (unpaired) electrons. The van der Waals surface area contributed by atoms with Crippen LogP contribution in [0.25, 0.3) is 11.0 Å². The first-order valence-corrected chi connectivity index (χ1v) is 11.3. The number of carbonyl (C=O) groups excluding carboxylic acids is 4. The number of aryl methyl sites for hydroxylation is 1. The summed E-state index contributed by atoms with van der Waals surface area (Å²) in [5, 5.41) is 8.21. The molecule has 0 saturated heterocycles. The molecule has 0 aliphatic carbocycles. The van der Waals surface area contributed by atoms with Crippen molar-refractivity contribution in [2.24, 2.45) is 5.73 Å². The first-order valence-electron chi connectivity index (χ1n) is 11.3. The predicted molar refractivity (Wildman–Crippen MR) is 134 cm³/mol. The lowest BCUT2D eigenvalue weighted by molar-refractivity contribution is -0.137. The number of amides is 3. The molecule has 10 nitrogen and oxygen atoms in total. The Labute approximate surface area is 207 Å². The van der Waals surface area contributed by atoms with Gasteiger partial charge in [0, 0.05) is 29.6 Å². The average molecular weight is 493 g/mol. The Morgan fingerprint density at radius 3 is 2.31 bits per heavy atom. The Balaban J connectivity index is 1.79. The maximum Gasteiger partial charge on any atom is 0.336 e. The number of nitrogens with one attached hydrogen (secondary N) is 3. The number of carbonyl (C=O) groups is 4. The molecule has 1 heterocycles. The molecule has 5 N–H and O–H groups in total. The molecule has 0 saturated carbocycles. The highest BCUT2D eigenvalue weighted by Gasteiger charge is 2.29. The van der Waals surface area contributed by atoms with Crippen LogP contribution in [0.2, 0.25) is 0 Å². The van der Waals surface area contributed by atoms with Crippen molar-refractivity contribution in [2.45, 2.75) is 45.3 Å². The van der Waals surface area contributed by atoms with Gasteiger partial charge >= 0.3 is 5.63 Å². The average Bonchev–Trinajstić information content (AvgIpc) is 2.83. The lowest BCUT2D eigenvalue weighted by atomic mass is 10.0. The van der Waals surface area contributed by atoms with E-state index in [1.165, 1.54) is 26.0 Å². The van der Waals surface area contributed by atoms with E-state index >= 15 is 0 Å². The van der Waals surface area contributed by atoms with E-state index in [0.717, 1.165) is 5.56 Å². The van der Waals surface area contributed by atoms with Gasteiger partial charge in [-0.1, -0.05) is 30.3 Å². The van der Waals surface area contributed by atoms with Crippen LogP contribution in [0.5, 0.6) is 0 Å². The first-order chi connectivity index (χ1) is 17.0. The largest absolute Gasteiger partial charge is 0.423 e. The number of ketones is 1. The van der Waals surface area contributed by atoms with Gasteiger partial charge in [0.15, 0.2) is 0 Å². The van der Waals surface area contributed by atoms with Gasteiger partial charge in [-0.2, -0.15) is 0 Å². The molecule has 188 valence electrons. The molecule has 3 rings (SSSR count). The van der Waals surface area contributed by atoms with Gasteiger partial charge in [-0.15, -0.1) is 0 Å². The first kappa shape index (κ1) is 26.3. The van der Waals surface area contributed by atoms with Crippen molar-refractivity contribution in [3.63, 3.8) is 0 Å². The Hall–Kier alpha value is -4.31. The van der Waals surface area contributed by atoms with E-state index in [9.17, 15) is 24.0 Å². The van der Waals surface area contributed by atoms with Crippen LogP contribution in [0, 0.1) is 6.92 Å². The summed E-state index contributed by atoms with van der Waals surface area (Å²) >= 11 is 0. The fraction of sp³-hybridized carbons (Fsp3) is 0.269. The number of fused-ring (bicyclic) bond motifs is 1. The molecular formula is C26H28N4O6. The zero-order valence-electron chi connectivity index (χ0n) is 20.2. The number of anilines is 1. The molecular weight excluding hydrogens is 464 g/mol. The monoisotopic (exact) mass is 492 g/mol. The van der Waals surface area contributed by atoms with E-state index in [2.05, 4.69) is 16.0 Å². The predicted octanol–water partition coefficient (Wildman–Crippen LogP) is 1.19. The lowest BCUT2D eigenvalue weighted by Crippen LogP contribution is -2.54. The lowest BCUT2D eigenvalue weighted by Gasteiger charge is -2.21. The summed E-state index contributed by atoms with van der Waals surface area (Å²) in [7, 11) is 0. The summed E-state index contributed by atoms with van der Waals surface area (Å²) in [4.78, 5) is 62.2. The SMILES string of the molecule is Cc1cc(=O)oc2cc(NC(=O)C(=O)[C@H](Cc3ccccc3)NC(=O)[C@H](C)NC(=O)[C@H](C)N)ccc12. The molecule has 0 unspecified atom stereocenters. The topological polar surface area (TPSA) is 161 Å². The number of hydrogen-bond donors (Lipinski definition) is 4. The van der Waals surface area contributed by atoms with E-state index < -0.39 is 47.3 Å². The maximum atomic E-state index is 13.1. The summed E-state index contributed by atoms with van der Waals surface area (Å²) in [5.41, 5.74) is 6.94. The highest BCUT2D eigenvalue weighted by molar-refractivity contribution is 6.42. The minimum absolute atomic E-state index is 0.0541. The fourth-order valence-corrected chi connectivity index (χ4v) is 3.52. The third-order valence-electron chi connectivity index (χ3n) is 5.51. The number of benzene rings is 2. The Morgan fingerprint density at radius 2 is 1.64 bits per heavy atom. The van der Waals surface area contributed by atoms with Gasteiger partial charge < -0.3 is 26.1 Å². The molecule has 3 atom stereocenters. The van der Waals surface area contributed by atoms with Gasteiger partial charge in [0.1, 0.15) is 17.7 Å². The van der Waals surface area contributed by atoms with Crippen LogP contribution in [-0.4, -0.2) is 41.6 Å². The van der Waals surface area contributed by atoms with E-state index in [0.29, 0.717) is 10.9 Å². The molecule has 36 heavy (non-hydrogen) atoms. The zero-order chi connectivity index (χ0) is 26.4. The maximum absolute atomic E-state index is 13.1. The zero-order valence-corrected chi connectivity index (χ0v) is 20.2. The second-order valence-electron chi connectivity index (χ2n) is 8.55. The standard InChI is InChI=1S/C26H28N4O6/c1-14-11-22(31)36-21-13-18(9-10-19(14)21)29-26(35)23(32)20(12-17-7-5-4-6-8-17)30-25(34)16(3)28-24(33)15(2)27/h4-11,13,15-16,20H,12,27H2,1-3H3,(H,28,33)(H,29,35)(H,30,34)/t15-,16-,20-/m0/s1. The third-order valence-corrected chi connectivity index (χ3v) is 5.51. The smallest absolute Gasteiger partial charge is 0.336 e. The number of rotatable bonds is 9. The molecule has 0 aliphatic rings. The summed E-state index contributed by atoms with van der Waals surface area (Å²) in [6.07, 6.45) is 0.0541. The van der Waals surface area contributed by atoms with Crippen LogP contribution >= 0.6 is 0 Å². The van der Waals surface area contributed by atoms with Gasteiger partial charge in [0.05, 0.1) is 6.04 Å². The Kier molecular flexibility index (Phi) is 8.34. The minimum Gasteiger partial charge on any atom is -0.423 e. The molecule has 1 aromatic heterocycles. The molecule has 0 aliphatic heterocycles. The van der Waals surface area contributed by atoms with Crippen molar-refractivity contribution < 1.29 is 23.6 Å². The second kappa shape index (κ2) is 11.4. The van der Waals surface area contributed by atoms with Crippen molar-refractivity contribution in [2.75, 3.05) is 5.32 Å². The van der Waals surface area contributed by atoms with E-state index in [-0.39, 0.29) is 17.7 Å². The van der Waals surface area contributed by atoms with E-state index in [4.69, 9.17) is 10.2 Å². The molecule has 10 heteroatoms. The summed E-state index contributed by atoms with van der Waals surface area (Å²) < 4.78 is 5.19. The highest BCUT2D eigenvalue weighted by Crippen LogP contribution is 2.21. The molecule has 0 spiro atoms. The molecule has 0 fully saturated rings. The number of Topliss-reactive ketones (excluding diaryl/α,β-unsaturated/α-hetero) is 1. The van der Waals surface area contributed by atoms with Gasteiger partial charge in [-0.05, 0) is 44.0 Å². The third kappa shape index (κ3) is 6.63. The van der Waals surface area contributed by atoms with Crippen LogP contribution in [0.4, 0.5) is 5.69 Å². The number of hydrogen-bond acceptors (Lipinski definition) is 7. The Morgan fingerprint density at radius 1 is 0.944 bits per heavy atom. The van der Waals surface area contributed by atoms with Gasteiger partial charge in [-0.25, -0.2) is 4.79 Å². The summed E-state index contributed by atoms with van der Waals surface area (Å²) in [6.45, 7) is 4.69. The fourth-order valence-electron chi connectivity index (χ4n) is 3.52. The Bertz CT molecular complexity index is 1350. The van der Waals surface area contributed by atoms with Crippen LogP contribution in [-0.2, 0) is 25.6 Å². The molecule has 0 bridgehead atoms. The van der Waals surface area contributed by atoms with E-state index in [1.54, 1.807) is 49.4 Å². The van der Waals surface area contributed by atoms with Crippen molar-refractivity contribution in [3.05, 3.63) is 76.1 Å². The van der Waals surface area contributed by atoms with Crippen molar-refractivity contribution in [3.8, 4) is 0 Å². The summed E-state index contributed by atoms with van der Waals surface area (Å²) in [6, 6.07) is 11.9. The van der Waals surface area contributed by atoms with Crippen LogP contribution in [0.15, 0.2) is 63.8 Å². The van der Waals surface area contributed by atoms with Crippen molar-refractivity contribution >= 4 is 40.2 Å². The molecule has 2 aromatic carbocycles. The van der Waals surface area contributed by atoms with Crippen LogP contribution in [0.3, 0.4) is 0 Å². The number of nitrogens with two attached hydrogens (primary N) is 1. The minimum atomic E-state index is -1.20. The molecule has 3 aromatic rings. The van der Waals surface area contributed by atoms with Crippen molar-refractivity contribution in [1.82, 2.24) is 10.6 Å². The highest BCUT2D eigenvalue weighted by atomic mass is 16.4. The van der Waals surface area contributed by atoms with Crippen molar-refractivity contribution in [1.29, 1.82) is 0 Å². The summed E-state index contributed by atoms with van der Waals surface area (Å²) in [5.74, 6) is -3.02. The molecule has 3 amide bonds. The van der Waals surface area contributed by atoms with Crippen LogP contribution < -0.4 is 27.3 Å².